The Kier molecular flexibility index (Phi) is 13.5. The van der Waals surface area contributed by atoms with E-state index in [-0.39, 0.29) is 0 Å². The van der Waals surface area contributed by atoms with Crippen LogP contribution in [0, 0.1) is 5.41 Å². The number of unbranched alkanes of at least 4 members (excludes halogenated alkanes) is 10. The van der Waals surface area contributed by atoms with Gasteiger partial charge in [-0.3, -0.25) is 0 Å². The van der Waals surface area contributed by atoms with E-state index in [1.165, 1.54) is 83.5 Å². The smallest absolute Gasteiger partial charge is 0.0351 e. The van der Waals surface area contributed by atoms with Gasteiger partial charge in [0.15, 0.2) is 0 Å². The molecule has 0 aromatic heterocycles. The Morgan fingerprint density at radius 2 is 1.05 bits per heavy atom. The summed E-state index contributed by atoms with van der Waals surface area (Å²) in [5.41, 5.74) is 0.525. The molecule has 120 valence electrons. The normalized spacial score (nSPS) is 12.4. The monoisotopic (exact) mass is 280 g/mol. The largest absolute Gasteiger partial charge is 0.0885 e. The van der Waals surface area contributed by atoms with Crippen molar-refractivity contribution < 1.29 is 0 Å². The number of hydrogen-bond donors (Lipinski definition) is 0. The molecule has 0 bridgehead atoms. The van der Waals surface area contributed by atoms with Crippen molar-refractivity contribution in [3.8, 4) is 0 Å². The number of hydrogen-bond acceptors (Lipinski definition) is 0. The first-order valence-corrected chi connectivity index (χ1v) is 9.21. The lowest BCUT2D eigenvalue weighted by Gasteiger charge is -2.17. The van der Waals surface area contributed by atoms with Gasteiger partial charge < -0.3 is 0 Å². The Morgan fingerprint density at radius 1 is 0.600 bits per heavy atom. The van der Waals surface area contributed by atoms with Crippen LogP contribution < -0.4 is 0 Å². The molecule has 0 amide bonds. The highest BCUT2D eigenvalue weighted by Crippen LogP contribution is 2.22. The van der Waals surface area contributed by atoms with Crippen molar-refractivity contribution in [1.82, 2.24) is 0 Å². The average molecular weight is 281 g/mol. The molecule has 0 fully saturated rings. The summed E-state index contributed by atoms with van der Waals surface area (Å²) in [6.45, 7) is 9.32. The Morgan fingerprint density at radius 3 is 1.55 bits per heavy atom. The number of rotatable bonds is 13. The molecule has 0 unspecified atom stereocenters. The second kappa shape index (κ2) is 13.7. The van der Waals surface area contributed by atoms with Crippen LogP contribution in [0.1, 0.15) is 111 Å². The highest BCUT2D eigenvalue weighted by molar-refractivity contribution is 4.81. The van der Waals surface area contributed by atoms with Crippen molar-refractivity contribution in [3.63, 3.8) is 0 Å². The Balaban J connectivity index is 3.13. The van der Waals surface area contributed by atoms with Crippen molar-refractivity contribution in [2.75, 3.05) is 0 Å². The van der Waals surface area contributed by atoms with Gasteiger partial charge in [0.25, 0.3) is 0 Å². The zero-order valence-electron chi connectivity index (χ0n) is 14.8. The summed E-state index contributed by atoms with van der Waals surface area (Å²) in [4.78, 5) is 0. The number of allylic oxidation sites excluding steroid dienone is 2. The minimum absolute atomic E-state index is 0.525. The van der Waals surface area contributed by atoms with Crippen molar-refractivity contribution in [2.24, 2.45) is 5.41 Å². The lowest BCUT2D eigenvalue weighted by atomic mass is 9.89. The third-order valence-corrected chi connectivity index (χ3v) is 3.94. The first kappa shape index (κ1) is 19.7. The van der Waals surface area contributed by atoms with Crippen LogP contribution >= 0.6 is 0 Å². The molecule has 0 aliphatic rings. The molecule has 0 aromatic carbocycles. The lowest BCUT2D eigenvalue weighted by molar-refractivity contribution is 0.357. The van der Waals surface area contributed by atoms with E-state index in [0.29, 0.717) is 5.41 Å². The van der Waals surface area contributed by atoms with E-state index in [0.717, 1.165) is 0 Å². The molecule has 0 saturated heterocycles. The summed E-state index contributed by atoms with van der Waals surface area (Å²) >= 11 is 0. The first-order chi connectivity index (χ1) is 9.56. The Hall–Kier alpha value is -0.260. The quantitative estimate of drug-likeness (QED) is 0.240. The van der Waals surface area contributed by atoms with E-state index in [4.69, 9.17) is 0 Å². The topological polar surface area (TPSA) is 0 Å². The molecule has 0 aliphatic heterocycles. The molecule has 0 saturated carbocycles. The average Bonchev–Trinajstić information content (AvgIpc) is 2.38. The minimum atomic E-state index is 0.525. The molecular formula is C20H40. The zero-order chi connectivity index (χ0) is 15.1. The van der Waals surface area contributed by atoms with E-state index < -0.39 is 0 Å². The van der Waals surface area contributed by atoms with Crippen LogP contribution in [0.25, 0.3) is 0 Å². The molecule has 0 atom stereocenters. The van der Waals surface area contributed by atoms with Crippen molar-refractivity contribution in [3.05, 3.63) is 12.2 Å². The molecule has 0 N–H and O–H groups in total. The van der Waals surface area contributed by atoms with Crippen LogP contribution in [0.5, 0.6) is 0 Å². The van der Waals surface area contributed by atoms with Gasteiger partial charge in [0.05, 0.1) is 0 Å². The van der Waals surface area contributed by atoms with Gasteiger partial charge >= 0.3 is 0 Å². The van der Waals surface area contributed by atoms with Crippen molar-refractivity contribution in [2.45, 2.75) is 111 Å². The van der Waals surface area contributed by atoms with Crippen molar-refractivity contribution in [1.29, 1.82) is 0 Å². The molecule has 20 heavy (non-hydrogen) atoms. The first-order valence-electron chi connectivity index (χ1n) is 9.21. The van der Waals surface area contributed by atoms with Crippen LogP contribution in [-0.2, 0) is 0 Å². The Labute approximate surface area is 129 Å². The van der Waals surface area contributed by atoms with Gasteiger partial charge in [-0.25, -0.2) is 0 Å². The minimum Gasteiger partial charge on any atom is -0.0885 e. The van der Waals surface area contributed by atoms with Crippen LogP contribution in [0.3, 0.4) is 0 Å². The van der Waals surface area contributed by atoms with Gasteiger partial charge in [-0.15, -0.1) is 0 Å². The maximum atomic E-state index is 2.41. The zero-order valence-corrected chi connectivity index (χ0v) is 14.8. The predicted molar refractivity (Wildman–Crippen MR) is 94.3 cm³/mol. The molecule has 0 spiro atoms. The highest BCUT2D eigenvalue weighted by atomic mass is 14.1. The summed E-state index contributed by atoms with van der Waals surface area (Å²) in [5.74, 6) is 0. The molecule has 0 heteroatoms. The van der Waals surface area contributed by atoms with Crippen LogP contribution in [0.2, 0.25) is 0 Å². The highest BCUT2D eigenvalue weighted by Gasteiger charge is 2.08. The summed E-state index contributed by atoms with van der Waals surface area (Å²) in [5, 5.41) is 0. The third-order valence-electron chi connectivity index (χ3n) is 3.94. The Bertz CT molecular complexity index is 207. The maximum absolute atomic E-state index is 2.41. The van der Waals surface area contributed by atoms with E-state index >= 15 is 0 Å². The summed E-state index contributed by atoms with van der Waals surface area (Å²) in [7, 11) is 0. The van der Waals surface area contributed by atoms with Gasteiger partial charge in [-0.2, -0.15) is 0 Å². The van der Waals surface area contributed by atoms with Gasteiger partial charge in [-0.1, -0.05) is 91.2 Å². The van der Waals surface area contributed by atoms with Gasteiger partial charge in [0, 0.05) is 0 Å². The lowest BCUT2D eigenvalue weighted by Crippen LogP contribution is -2.03. The standard InChI is InChI=1S/C20H40/c1-5-6-7-8-9-10-11-12-13-14-15-16-17-18-19-20(2,3)4/h12-13H,5-11,14-19H2,1-4H3. The summed E-state index contributed by atoms with van der Waals surface area (Å²) in [6, 6.07) is 0. The molecule has 0 aromatic rings. The molecular weight excluding hydrogens is 240 g/mol. The second-order valence-electron chi connectivity index (χ2n) is 7.54. The van der Waals surface area contributed by atoms with Crippen LogP contribution in [0.4, 0.5) is 0 Å². The van der Waals surface area contributed by atoms with E-state index in [9.17, 15) is 0 Å². The summed E-state index contributed by atoms with van der Waals surface area (Å²) in [6.07, 6.45) is 22.9. The van der Waals surface area contributed by atoms with Gasteiger partial charge in [-0.05, 0) is 37.5 Å². The van der Waals surface area contributed by atoms with Gasteiger partial charge in [0.2, 0.25) is 0 Å². The fraction of sp³-hybridized carbons (Fsp3) is 0.900. The van der Waals surface area contributed by atoms with Crippen molar-refractivity contribution >= 4 is 0 Å². The molecule has 0 nitrogen and oxygen atoms in total. The molecule has 0 radical (unpaired) electrons. The molecule has 0 aliphatic carbocycles. The van der Waals surface area contributed by atoms with E-state index in [1.807, 2.05) is 0 Å². The van der Waals surface area contributed by atoms with E-state index in [1.54, 1.807) is 0 Å². The molecule has 0 heterocycles. The van der Waals surface area contributed by atoms with Crippen LogP contribution in [-0.4, -0.2) is 0 Å². The summed E-state index contributed by atoms with van der Waals surface area (Å²) < 4.78 is 0. The van der Waals surface area contributed by atoms with Crippen LogP contribution in [0.15, 0.2) is 12.2 Å². The maximum Gasteiger partial charge on any atom is -0.0351 e. The SMILES string of the molecule is CCCCCCCCC=CCCCCCCC(C)(C)C. The van der Waals surface area contributed by atoms with E-state index in [2.05, 4.69) is 39.8 Å². The second-order valence-corrected chi connectivity index (χ2v) is 7.54. The van der Waals surface area contributed by atoms with Gasteiger partial charge in [0.1, 0.15) is 0 Å². The fourth-order valence-corrected chi connectivity index (χ4v) is 2.55. The fourth-order valence-electron chi connectivity index (χ4n) is 2.55. The third kappa shape index (κ3) is 17.7. The molecule has 0 rings (SSSR count). The predicted octanol–water partition coefficient (Wildman–Crippen LogP) is 7.68.